The average molecular weight is 375 g/mol. The summed E-state index contributed by atoms with van der Waals surface area (Å²) in [5, 5.41) is 7.89. The Kier molecular flexibility index (Phi) is 14.6. The fourth-order valence-electron chi connectivity index (χ4n) is 1.21. The van der Waals surface area contributed by atoms with E-state index in [1.165, 1.54) is 6.92 Å². The number of rotatable bonds is 7. The van der Waals surface area contributed by atoms with Gasteiger partial charge in [0, 0.05) is 16.7 Å². The van der Waals surface area contributed by atoms with E-state index in [1.807, 2.05) is 18.2 Å². The molecule has 1 amide bonds. The minimum Gasteiger partial charge on any atom is -0.478 e. The second-order valence-electron chi connectivity index (χ2n) is 5.56. The molecule has 3 N–H and O–H groups in total. The van der Waals surface area contributed by atoms with Gasteiger partial charge in [0.2, 0.25) is 5.91 Å². The van der Waals surface area contributed by atoms with Gasteiger partial charge in [0.15, 0.2) is 0 Å². The Morgan fingerprint density at radius 3 is 1.85 bits per heavy atom. The highest BCUT2D eigenvalue weighted by atomic mass is 16.5. The van der Waals surface area contributed by atoms with Crippen molar-refractivity contribution in [1.29, 1.82) is 0 Å². The van der Waals surface area contributed by atoms with Crippen LogP contribution in [0.2, 0.25) is 0 Å². The molecule has 6 heteroatoms. The fourth-order valence-corrected chi connectivity index (χ4v) is 1.21. The number of benzene rings is 1. The number of ether oxygens (including phenoxy) is 1. The predicted molar refractivity (Wildman–Crippen MR) is 108 cm³/mol. The molecule has 0 aliphatic rings. The monoisotopic (exact) mass is 375 g/mol. The van der Waals surface area contributed by atoms with Gasteiger partial charge in [-0.2, -0.15) is 0 Å². The first-order valence-electron chi connectivity index (χ1n) is 8.30. The van der Waals surface area contributed by atoms with E-state index < -0.39 is 11.9 Å². The lowest BCUT2D eigenvalue weighted by Crippen LogP contribution is -2.11. The molecule has 0 spiro atoms. The first-order valence-corrected chi connectivity index (χ1v) is 8.30. The number of hydrogen-bond donors (Lipinski definition) is 2. The van der Waals surface area contributed by atoms with Crippen LogP contribution < -0.4 is 5.73 Å². The van der Waals surface area contributed by atoms with Crippen molar-refractivity contribution < 1.29 is 24.2 Å². The van der Waals surface area contributed by atoms with Crippen molar-refractivity contribution in [3.63, 3.8) is 0 Å². The summed E-state index contributed by atoms with van der Waals surface area (Å²) >= 11 is 0. The number of carbonyl (C=O) groups is 3. The van der Waals surface area contributed by atoms with Gasteiger partial charge in [-0.3, -0.25) is 4.79 Å². The van der Waals surface area contributed by atoms with Gasteiger partial charge in [-0.1, -0.05) is 63.4 Å². The summed E-state index contributed by atoms with van der Waals surface area (Å²) in [6.07, 6.45) is 1.97. The Bertz CT molecular complexity index is 650. The molecule has 27 heavy (non-hydrogen) atoms. The Morgan fingerprint density at radius 1 is 1.04 bits per heavy atom. The number of nitrogens with two attached hydrogens (primary N) is 1. The molecule has 0 aromatic heterocycles. The van der Waals surface area contributed by atoms with Crippen molar-refractivity contribution in [2.24, 2.45) is 5.73 Å². The van der Waals surface area contributed by atoms with Crippen molar-refractivity contribution in [3.8, 4) is 0 Å². The predicted octanol–water partition coefficient (Wildman–Crippen LogP) is 3.74. The largest absolute Gasteiger partial charge is 0.478 e. The molecule has 1 aromatic carbocycles. The molecule has 0 unspecified atom stereocenters. The van der Waals surface area contributed by atoms with Gasteiger partial charge in [-0.25, -0.2) is 9.59 Å². The highest BCUT2D eigenvalue weighted by Crippen LogP contribution is 2.09. The fraction of sp³-hybridized carbons (Fsp3) is 0.286. The molecule has 1 rings (SSSR count). The summed E-state index contributed by atoms with van der Waals surface area (Å²) in [6, 6.07) is 9.14. The third-order valence-electron chi connectivity index (χ3n) is 2.86. The molecular formula is C21H29NO5. The molecule has 0 aliphatic carbocycles. The van der Waals surface area contributed by atoms with E-state index in [-0.39, 0.29) is 11.5 Å². The summed E-state index contributed by atoms with van der Waals surface area (Å²) in [4.78, 5) is 30.9. The highest BCUT2D eigenvalue weighted by Gasteiger charge is 2.02. The normalized spacial score (nSPS) is 8.70. The molecule has 0 saturated carbocycles. The van der Waals surface area contributed by atoms with Gasteiger partial charge in [0.25, 0.3) is 0 Å². The van der Waals surface area contributed by atoms with E-state index in [0.29, 0.717) is 17.8 Å². The summed E-state index contributed by atoms with van der Waals surface area (Å²) < 4.78 is 4.81. The topological polar surface area (TPSA) is 107 Å². The van der Waals surface area contributed by atoms with Crippen LogP contribution >= 0.6 is 0 Å². The standard InChI is InChI=1S/C9H9NO.C8H14O2.C4H6O2/c1-7(9(10)11)8-5-3-2-4-6-8;1-4-5-6-10-8(9)7(2)3;1-3(2)4(5)6/h2-6H,1H2,(H2,10,11);2,4-6H2,1,3H3;1H2,2H3,(H,5,6). The lowest BCUT2D eigenvalue weighted by molar-refractivity contribution is -0.139. The molecule has 0 radical (unpaired) electrons. The quantitative estimate of drug-likeness (QED) is 0.429. The summed E-state index contributed by atoms with van der Waals surface area (Å²) in [5.41, 5.74) is 6.80. The molecule has 0 heterocycles. The maximum absolute atomic E-state index is 10.7. The second-order valence-corrected chi connectivity index (χ2v) is 5.56. The number of hydrogen-bond acceptors (Lipinski definition) is 4. The number of aliphatic carboxylic acids is 1. The van der Waals surface area contributed by atoms with Crippen molar-refractivity contribution in [2.45, 2.75) is 33.6 Å². The molecule has 6 nitrogen and oxygen atoms in total. The van der Waals surface area contributed by atoms with Crippen LogP contribution in [0, 0.1) is 0 Å². The molecule has 1 aromatic rings. The van der Waals surface area contributed by atoms with Crippen LogP contribution in [-0.4, -0.2) is 29.6 Å². The van der Waals surface area contributed by atoms with E-state index >= 15 is 0 Å². The van der Waals surface area contributed by atoms with Gasteiger partial charge < -0.3 is 15.6 Å². The lowest BCUT2D eigenvalue weighted by atomic mass is 10.1. The van der Waals surface area contributed by atoms with E-state index in [1.54, 1.807) is 19.1 Å². The van der Waals surface area contributed by atoms with Gasteiger partial charge in [-0.15, -0.1) is 0 Å². The zero-order chi connectivity index (χ0) is 21.4. The number of carboxylic acids is 1. The zero-order valence-corrected chi connectivity index (χ0v) is 16.3. The molecular weight excluding hydrogens is 346 g/mol. The van der Waals surface area contributed by atoms with Crippen molar-refractivity contribution in [1.82, 2.24) is 0 Å². The van der Waals surface area contributed by atoms with E-state index in [2.05, 4.69) is 26.7 Å². The van der Waals surface area contributed by atoms with Gasteiger partial charge in [0.05, 0.1) is 6.61 Å². The summed E-state index contributed by atoms with van der Waals surface area (Å²) in [7, 11) is 0. The van der Waals surface area contributed by atoms with Crippen LogP contribution in [0.25, 0.3) is 5.57 Å². The highest BCUT2D eigenvalue weighted by molar-refractivity contribution is 6.17. The van der Waals surface area contributed by atoms with Crippen molar-refractivity contribution >= 4 is 23.4 Å². The zero-order valence-electron chi connectivity index (χ0n) is 16.3. The minimum absolute atomic E-state index is 0.176. The second kappa shape index (κ2) is 15.1. The molecule has 0 saturated heterocycles. The number of unbranched alkanes of at least 4 members (excludes halogenated alkanes) is 1. The molecule has 0 atom stereocenters. The molecule has 0 aliphatic heterocycles. The number of esters is 1. The number of carbonyl (C=O) groups excluding carboxylic acids is 2. The minimum atomic E-state index is -0.935. The van der Waals surface area contributed by atoms with E-state index in [4.69, 9.17) is 15.6 Å². The molecule has 0 fully saturated rings. The molecule has 148 valence electrons. The van der Waals surface area contributed by atoms with E-state index in [0.717, 1.165) is 18.4 Å². The SMILES string of the molecule is C=C(C(N)=O)c1ccccc1.C=C(C)C(=O)O.C=C(C)C(=O)OCCCC. The summed E-state index contributed by atoms with van der Waals surface area (Å²) in [5.74, 6) is -1.69. The van der Waals surface area contributed by atoms with Gasteiger partial charge in [-0.05, 0) is 25.8 Å². The number of carboxylic acid groups (broad SMARTS) is 1. The number of primary amides is 1. The maximum Gasteiger partial charge on any atom is 0.333 e. The van der Waals surface area contributed by atoms with Crippen LogP contribution in [0.15, 0.2) is 61.2 Å². The van der Waals surface area contributed by atoms with Gasteiger partial charge >= 0.3 is 11.9 Å². The first-order chi connectivity index (χ1) is 12.5. The number of amides is 1. The Balaban J connectivity index is 0. The first kappa shape index (κ1) is 26.1. The Labute approximate surface area is 161 Å². The van der Waals surface area contributed by atoms with Crippen molar-refractivity contribution in [3.05, 3.63) is 66.8 Å². The Hall–Kier alpha value is -3.15. The lowest BCUT2D eigenvalue weighted by Gasteiger charge is -2.01. The maximum atomic E-state index is 10.7. The average Bonchev–Trinajstić information content (AvgIpc) is 2.62. The summed E-state index contributed by atoms with van der Waals surface area (Å²) in [6.45, 7) is 15.8. The van der Waals surface area contributed by atoms with Crippen LogP contribution in [-0.2, 0) is 19.1 Å². The van der Waals surface area contributed by atoms with Crippen LogP contribution in [0.1, 0.15) is 39.2 Å². The smallest absolute Gasteiger partial charge is 0.333 e. The van der Waals surface area contributed by atoms with Crippen LogP contribution in [0.4, 0.5) is 0 Å². The third-order valence-corrected chi connectivity index (χ3v) is 2.86. The van der Waals surface area contributed by atoms with Crippen LogP contribution in [0.3, 0.4) is 0 Å². The van der Waals surface area contributed by atoms with Crippen molar-refractivity contribution in [2.75, 3.05) is 6.61 Å². The third kappa shape index (κ3) is 14.9. The van der Waals surface area contributed by atoms with E-state index in [9.17, 15) is 14.4 Å². The van der Waals surface area contributed by atoms with Crippen LogP contribution in [0.5, 0.6) is 0 Å². The van der Waals surface area contributed by atoms with Gasteiger partial charge in [0.1, 0.15) is 0 Å². The Morgan fingerprint density at radius 2 is 1.52 bits per heavy atom. The molecule has 0 bridgehead atoms.